The lowest BCUT2D eigenvalue weighted by Gasteiger charge is -2.12. The molecule has 0 aromatic carbocycles. The number of aliphatic hydroxyl groups is 3. The second kappa shape index (κ2) is 2.58. The van der Waals surface area contributed by atoms with Crippen LogP contribution in [0.2, 0.25) is 0 Å². The van der Waals surface area contributed by atoms with E-state index in [9.17, 15) is 0 Å². The van der Waals surface area contributed by atoms with Crippen LogP contribution in [-0.2, 0) is 5.97 Å². The highest BCUT2D eigenvalue weighted by molar-refractivity contribution is 5.11. The summed E-state index contributed by atoms with van der Waals surface area (Å²) in [6, 6.07) is 4.59. The van der Waals surface area contributed by atoms with Crippen molar-refractivity contribution in [1.82, 2.24) is 4.98 Å². The topological polar surface area (TPSA) is 73.6 Å². The molecule has 60 valence electrons. The molecule has 3 N–H and O–H groups in total. The standard InChI is InChI=1S/C7H9NO3/c1-5-3-2-4-6(8-5)7(9,10)11/h2-4,9-11H,1H3. The molecule has 11 heavy (non-hydrogen) atoms. The molecule has 0 fully saturated rings. The van der Waals surface area contributed by atoms with Crippen molar-refractivity contribution in [3.05, 3.63) is 29.6 Å². The van der Waals surface area contributed by atoms with Gasteiger partial charge in [0.05, 0.1) is 0 Å². The van der Waals surface area contributed by atoms with Gasteiger partial charge >= 0.3 is 5.97 Å². The highest BCUT2D eigenvalue weighted by Gasteiger charge is 2.22. The van der Waals surface area contributed by atoms with Gasteiger partial charge in [-0.2, -0.15) is 0 Å². The summed E-state index contributed by atoms with van der Waals surface area (Å²) in [4.78, 5) is 3.69. The zero-order valence-electron chi connectivity index (χ0n) is 6.02. The molecule has 0 atom stereocenters. The zero-order valence-corrected chi connectivity index (χ0v) is 6.02. The Kier molecular flexibility index (Phi) is 1.90. The lowest BCUT2D eigenvalue weighted by molar-refractivity contribution is -0.326. The number of nitrogens with zero attached hydrogens (tertiary/aromatic N) is 1. The lowest BCUT2D eigenvalue weighted by Crippen LogP contribution is -2.25. The Morgan fingerprint density at radius 3 is 2.27 bits per heavy atom. The van der Waals surface area contributed by atoms with E-state index in [0.29, 0.717) is 5.69 Å². The molecule has 0 aliphatic heterocycles. The van der Waals surface area contributed by atoms with Crippen LogP contribution in [0.1, 0.15) is 11.4 Å². The minimum absolute atomic E-state index is 0.169. The first-order valence-electron chi connectivity index (χ1n) is 3.11. The highest BCUT2D eigenvalue weighted by Crippen LogP contribution is 2.10. The molecule has 0 radical (unpaired) electrons. The van der Waals surface area contributed by atoms with Gasteiger partial charge in [-0.1, -0.05) is 6.07 Å². The molecule has 1 aromatic heterocycles. The molecule has 4 nitrogen and oxygen atoms in total. The quantitative estimate of drug-likeness (QED) is 0.477. The Bertz CT molecular complexity index is 254. The minimum atomic E-state index is -2.83. The third kappa shape index (κ3) is 1.98. The van der Waals surface area contributed by atoms with Crippen molar-refractivity contribution < 1.29 is 15.3 Å². The van der Waals surface area contributed by atoms with E-state index in [1.165, 1.54) is 6.07 Å². The van der Waals surface area contributed by atoms with E-state index in [2.05, 4.69) is 4.98 Å². The maximum absolute atomic E-state index is 8.66. The predicted octanol–water partition coefficient (Wildman–Crippen LogP) is -0.523. The summed E-state index contributed by atoms with van der Waals surface area (Å²) in [5.41, 5.74) is 0.446. The maximum Gasteiger partial charge on any atom is 0.322 e. The summed E-state index contributed by atoms with van der Waals surface area (Å²) in [5.74, 6) is -2.83. The third-order valence-corrected chi connectivity index (χ3v) is 1.23. The van der Waals surface area contributed by atoms with Gasteiger partial charge in [0, 0.05) is 5.69 Å². The number of hydrogen-bond donors (Lipinski definition) is 3. The van der Waals surface area contributed by atoms with Crippen molar-refractivity contribution in [1.29, 1.82) is 0 Å². The predicted molar refractivity (Wildman–Crippen MR) is 37.3 cm³/mol. The molecule has 0 spiro atoms. The Labute approximate surface area is 63.8 Å². The fourth-order valence-electron chi connectivity index (χ4n) is 0.730. The summed E-state index contributed by atoms with van der Waals surface area (Å²) >= 11 is 0. The van der Waals surface area contributed by atoms with Crippen molar-refractivity contribution in [3.8, 4) is 0 Å². The van der Waals surface area contributed by atoms with Gasteiger partial charge in [-0.05, 0) is 19.1 Å². The number of hydrogen-bond acceptors (Lipinski definition) is 4. The van der Waals surface area contributed by atoms with E-state index in [0.717, 1.165) is 0 Å². The van der Waals surface area contributed by atoms with Crippen LogP contribution in [-0.4, -0.2) is 20.3 Å². The summed E-state index contributed by atoms with van der Waals surface area (Å²) in [6.45, 7) is 1.69. The maximum atomic E-state index is 8.66. The average Bonchev–Trinajstić information content (AvgIpc) is 1.86. The number of pyridine rings is 1. The van der Waals surface area contributed by atoms with Crippen LogP contribution in [0, 0.1) is 6.92 Å². The largest absolute Gasteiger partial charge is 0.338 e. The van der Waals surface area contributed by atoms with Crippen molar-refractivity contribution in [2.75, 3.05) is 0 Å². The molecule has 0 aliphatic carbocycles. The van der Waals surface area contributed by atoms with Gasteiger partial charge in [-0.25, -0.2) is 4.98 Å². The molecule has 0 saturated carbocycles. The van der Waals surface area contributed by atoms with Gasteiger partial charge in [0.25, 0.3) is 0 Å². The van der Waals surface area contributed by atoms with Gasteiger partial charge in [0.1, 0.15) is 5.69 Å². The first-order valence-corrected chi connectivity index (χ1v) is 3.11. The summed E-state index contributed by atoms with van der Waals surface area (Å²) in [7, 11) is 0. The number of aryl methyl sites for hydroxylation is 1. The molecular weight excluding hydrogens is 146 g/mol. The van der Waals surface area contributed by atoms with Gasteiger partial charge in [0.2, 0.25) is 0 Å². The van der Waals surface area contributed by atoms with Crippen molar-refractivity contribution in [2.24, 2.45) is 0 Å². The number of aromatic nitrogens is 1. The molecule has 0 aliphatic rings. The Balaban J connectivity index is 3.06. The SMILES string of the molecule is Cc1cccc(C(O)(O)O)n1. The fraction of sp³-hybridized carbons (Fsp3) is 0.286. The van der Waals surface area contributed by atoms with Crippen LogP contribution in [0.15, 0.2) is 18.2 Å². The Hall–Kier alpha value is -0.970. The summed E-state index contributed by atoms with van der Waals surface area (Å²) < 4.78 is 0. The first-order chi connectivity index (χ1) is 5.00. The van der Waals surface area contributed by atoms with Crippen molar-refractivity contribution >= 4 is 0 Å². The first kappa shape index (κ1) is 8.13. The molecular formula is C7H9NO3. The van der Waals surface area contributed by atoms with Crippen LogP contribution < -0.4 is 0 Å². The molecule has 0 unspecified atom stereocenters. The second-order valence-corrected chi connectivity index (χ2v) is 2.30. The molecule has 1 heterocycles. The highest BCUT2D eigenvalue weighted by atomic mass is 16.7. The van der Waals surface area contributed by atoms with E-state index in [4.69, 9.17) is 15.3 Å². The Morgan fingerprint density at radius 1 is 1.27 bits per heavy atom. The zero-order chi connectivity index (χ0) is 8.48. The molecule has 0 saturated heterocycles. The monoisotopic (exact) mass is 155 g/mol. The number of rotatable bonds is 1. The Morgan fingerprint density at radius 2 is 1.91 bits per heavy atom. The summed E-state index contributed by atoms with van der Waals surface area (Å²) in [6.07, 6.45) is 0. The molecule has 0 bridgehead atoms. The molecule has 0 amide bonds. The lowest BCUT2D eigenvalue weighted by atomic mass is 10.3. The van der Waals surface area contributed by atoms with Crippen LogP contribution >= 0.6 is 0 Å². The van der Waals surface area contributed by atoms with Crippen molar-refractivity contribution in [2.45, 2.75) is 12.9 Å². The van der Waals surface area contributed by atoms with Crippen LogP contribution in [0.4, 0.5) is 0 Å². The normalized spacial score (nSPS) is 11.6. The van der Waals surface area contributed by atoms with E-state index < -0.39 is 5.97 Å². The molecule has 1 rings (SSSR count). The van der Waals surface area contributed by atoms with Crippen LogP contribution in [0.5, 0.6) is 0 Å². The van der Waals surface area contributed by atoms with Crippen molar-refractivity contribution in [3.63, 3.8) is 0 Å². The van der Waals surface area contributed by atoms with E-state index >= 15 is 0 Å². The van der Waals surface area contributed by atoms with Gasteiger partial charge in [-0.15, -0.1) is 0 Å². The second-order valence-electron chi connectivity index (χ2n) is 2.30. The van der Waals surface area contributed by atoms with E-state index in [1.807, 2.05) is 0 Å². The van der Waals surface area contributed by atoms with Crippen LogP contribution in [0.25, 0.3) is 0 Å². The van der Waals surface area contributed by atoms with Gasteiger partial charge < -0.3 is 15.3 Å². The summed E-state index contributed by atoms with van der Waals surface area (Å²) in [5, 5.41) is 26.0. The van der Waals surface area contributed by atoms with Gasteiger partial charge in [0.15, 0.2) is 0 Å². The van der Waals surface area contributed by atoms with E-state index in [1.54, 1.807) is 19.1 Å². The molecule has 4 heteroatoms. The van der Waals surface area contributed by atoms with Crippen LogP contribution in [0.3, 0.4) is 0 Å². The minimum Gasteiger partial charge on any atom is -0.338 e. The third-order valence-electron chi connectivity index (χ3n) is 1.23. The average molecular weight is 155 g/mol. The smallest absolute Gasteiger partial charge is 0.322 e. The van der Waals surface area contributed by atoms with E-state index in [-0.39, 0.29) is 5.69 Å². The molecule has 1 aromatic rings. The fourth-order valence-corrected chi connectivity index (χ4v) is 0.730. The van der Waals surface area contributed by atoms with Gasteiger partial charge in [-0.3, -0.25) is 0 Å².